The van der Waals surface area contributed by atoms with E-state index in [0.717, 1.165) is 42.2 Å². The molecule has 3 aromatic rings. The number of halogens is 1. The van der Waals surface area contributed by atoms with E-state index in [1.165, 1.54) is 0 Å². The number of rotatable bonds is 4. The number of pyridine rings is 1. The van der Waals surface area contributed by atoms with Gasteiger partial charge in [0.2, 0.25) is 0 Å². The van der Waals surface area contributed by atoms with Crippen LogP contribution in [0.2, 0.25) is 0 Å². The Morgan fingerprint density at radius 1 is 1.17 bits per heavy atom. The number of amides is 1. The van der Waals surface area contributed by atoms with Crippen LogP contribution in [0.15, 0.2) is 53.3 Å². The third kappa shape index (κ3) is 3.78. The van der Waals surface area contributed by atoms with E-state index in [0.29, 0.717) is 18.4 Å². The second kappa shape index (κ2) is 8.45. The van der Waals surface area contributed by atoms with E-state index in [1.54, 1.807) is 10.6 Å². The van der Waals surface area contributed by atoms with Crippen molar-refractivity contribution in [3.63, 3.8) is 0 Å². The van der Waals surface area contributed by atoms with Crippen LogP contribution in [0.5, 0.6) is 0 Å². The molecule has 7 nitrogen and oxygen atoms in total. The lowest BCUT2D eigenvalue weighted by Crippen LogP contribution is -2.46. The molecule has 1 fully saturated rings. The number of carbonyl (C=O) groups is 1. The van der Waals surface area contributed by atoms with E-state index in [4.69, 9.17) is 0 Å². The molecule has 0 aliphatic carbocycles. The quantitative estimate of drug-likeness (QED) is 0.598. The number of nitrogens with one attached hydrogen (secondary N) is 3. The van der Waals surface area contributed by atoms with E-state index in [2.05, 4.69) is 20.8 Å². The molecule has 3 N–H and O–H groups in total. The van der Waals surface area contributed by atoms with E-state index in [-0.39, 0.29) is 36.0 Å². The minimum Gasteiger partial charge on any atom is -0.346 e. The molecule has 8 heteroatoms. The van der Waals surface area contributed by atoms with Crippen LogP contribution in [0.4, 0.5) is 0 Å². The summed E-state index contributed by atoms with van der Waals surface area (Å²) in [5.41, 5.74) is 3.67. The van der Waals surface area contributed by atoms with Gasteiger partial charge in [-0.3, -0.25) is 14.7 Å². The van der Waals surface area contributed by atoms with Crippen molar-refractivity contribution in [3.8, 4) is 11.3 Å². The highest BCUT2D eigenvalue weighted by Crippen LogP contribution is 2.31. The molecule has 1 amide bonds. The Labute approximate surface area is 180 Å². The number of aromatic nitrogens is 3. The van der Waals surface area contributed by atoms with Crippen LogP contribution < -0.4 is 16.2 Å². The van der Waals surface area contributed by atoms with Crippen molar-refractivity contribution in [2.45, 2.75) is 25.4 Å². The van der Waals surface area contributed by atoms with Gasteiger partial charge in [-0.25, -0.2) is 0 Å². The van der Waals surface area contributed by atoms with Crippen LogP contribution in [0, 0.1) is 5.92 Å². The predicted octanol–water partition coefficient (Wildman–Crippen LogP) is 2.30. The Morgan fingerprint density at radius 2 is 2.00 bits per heavy atom. The predicted molar refractivity (Wildman–Crippen MR) is 117 cm³/mol. The number of hydrogen-bond acceptors (Lipinski definition) is 4. The molecule has 1 aromatic carbocycles. The fraction of sp³-hybridized carbons (Fsp3) is 0.318. The first-order chi connectivity index (χ1) is 14.2. The Bertz CT molecular complexity index is 1110. The number of carbonyl (C=O) groups excluding carboxylic acids is 1. The molecule has 1 saturated heterocycles. The first kappa shape index (κ1) is 20.4. The molecule has 4 heterocycles. The molecule has 5 rings (SSSR count). The number of nitrogens with zero attached hydrogens (tertiary/aromatic N) is 2. The number of hydrogen-bond donors (Lipinski definition) is 3. The molecule has 0 unspecified atom stereocenters. The summed E-state index contributed by atoms with van der Waals surface area (Å²) in [6.45, 7) is 2.79. The standard InChI is InChI=1S/C22H23N5O2.ClH/c28-21(24-12-17-9-19(26-25-17)15-4-2-1-3-5-15)18-6-7-20-16-8-14(10-23-11-16)13-27(20)22(18)29;/h1-7,9,14,16,23H,8,10-13H2,(H,24,28)(H,25,26);1H/t14-,16+;/m0./s1. The van der Waals surface area contributed by atoms with Gasteiger partial charge in [0, 0.05) is 30.3 Å². The third-order valence-corrected chi connectivity index (χ3v) is 5.89. The Kier molecular flexibility index (Phi) is 5.74. The van der Waals surface area contributed by atoms with Gasteiger partial charge in [-0.1, -0.05) is 30.3 Å². The Balaban J connectivity index is 0.00000218. The molecule has 0 saturated carbocycles. The lowest BCUT2D eigenvalue weighted by molar-refractivity contribution is 0.0947. The summed E-state index contributed by atoms with van der Waals surface area (Å²) in [5, 5.41) is 13.5. The molecule has 2 atom stereocenters. The van der Waals surface area contributed by atoms with Crippen molar-refractivity contribution in [3.05, 3.63) is 75.8 Å². The molecule has 2 aliphatic heterocycles. The zero-order valence-electron chi connectivity index (χ0n) is 16.4. The van der Waals surface area contributed by atoms with Crippen LogP contribution in [-0.4, -0.2) is 33.8 Å². The van der Waals surface area contributed by atoms with Gasteiger partial charge >= 0.3 is 0 Å². The second-order valence-electron chi connectivity index (χ2n) is 7.87. The molecule has 156 valence electrons. The summed E-state index contributed by atoms with van der Waals surface area (Å²) in [7, 11) is 0. The highest BCUT2D eigenvalue weighted by atomic mass is 35.5. The van der Waals surface area contributed by atoms with E-state index in [9.17, 15) is 9.59 Å². The summed E-state index contributed by atoms with van der Waals surface area (Å²) in [4.78, 5) is 25.6. The molecule has 2 bridgehead atoms. The molecular formula is C22H24ClN5O2. The van der Waals surface area contributed by atoms with Gasteiger partial charge in [-0.05, 0) is 37.1 Å². The van der Waals surface area contributed by atoms with Gasteiger partial charge in [0.25, 0.3) is 11.5 Å². The molecule has 0 spiro atoms. The second-order valence-corrected chi connectivity index (χ2v) is 7.87. The first-order valence-corrected chi connectivity index (χ1v) is 10.0. The molecular weight excluding hydrogens is 402 g/mol. The molecule has 2 aliphatic rings. The van der Waals surface area contributed by atoms with Crippen LogP contribution in [0.3, 0.4) is 0 Å². The maximum absolute atomic E-state index is 12.9. The number of piperidine rings is 1. The number of fused-ring (bicyclic) bond motifs is 4. The van der Waals surface area contributed by atoms with E-state index in [1.807, 2.05) is 42.5 Å². The van der Waals surface area contributed by atoms with Crippen LogP contribution >= 0.6 is 12.4 Å². The van der Waals surface area contributed by atoms with Crippen LogP contribution in [0.1, 0.15) is 34.1 Å². The number of aromatic amines is 1. The van der Waals surface area contributed by atoms with Crippen molar-refractivity contribution in [1.29, 1.82) is 0 Å². The van der Waals surface area contributed by atoms with Crippen molar-refractivity contribution >= 4 is 18.3 Å². The fourth-order valence-corrected chi connectivity index (χ4v) is 4.44. The SMILES string of the molecule is Cl.O=C(NCc1cc(-c2ccccc2)n[nH]1)c1ccc2n(c1=O)C[C@@H]1CNC[C@H]2C1. The molecule has 0 radical (unpaired) electrons. The minimum absolute atomic E-state index is 0. The average Bonchev–Trinajstić information content (AvgIpc) is 3.23. The first-order valence-electron chi connectivity index (χ1n) is 10.0. The van der Waals surface area contributed by atoms with Crippen LogP contribution in [-0.2, 0) is 13.1 Å². The smallest absolute Gasteiger partial charge is 0.263 e. The maximum Gasteiger partial charge on any atom is 0.263 e. The minimum atomic E-state index is -0.352. The van der Waals surface area contributed by atoms with Crippen molar-refractivity contribution < 1.29 is 4.79 Å². The number of H-pyrrole nitrogens is 1. The lowest BCUT2D eigenvalue weighted by atomic mass is 9.84. The third-order valence-electron chi connectivity index (χ3n) is 5.89. The lowest BCUT2D eigenvalue weighted by Gasteiger charge is -2.37. The van der Waals surface area contributed by atoms with E-state index < -0.39 is 0 Å². The largest absolute Gasteiger partial charge is 0.346 e. The van der Waals surface area contributed by atoms with E-state index >= 15 is 0 Å². The van der Waals surface area contributed by atoms with Gasteiger partial charge in [0.1, 0.15) is 5.56 Å². The molecule has 30 heavy (non-hydrogen) atoms. The highest BCUT2D eigenvalue weighted by molar-refractivity contribution is 5.93. The van der Waals surface area contributed by atoms with Gasteiger partial charge in [0.15, 0.2) is 0 Å². The average molecular weight is 426 g/mol. The van der Waals surface area contributed by atoms with Crippen molar-refractivity contribution in [1.82, 2.24) is 25.4 Å². The summed E-state index contributed by atoms with van der Waals surface area (Å²) >= 11 is 0. The fourth-order valence-electron chi connectivity index (χ4n) is 4.44. The monoisotopic (exact) mass is 425 g/mol. The van der Waals surface area contributed by atoms with Crippen molar-refractivity contribution in [2.75, 3.05) is 13.1 Å². The van der Waals surface area contributed by atoms with Gasteiger partial charge in [-0.15, -0.1) is 12.4 Å². The van der Waals surface area contributed by atoms with Gasteiger partial charge in [0.05, 0.1) is 17.9 Å². The van der Waals surface area contributed by atoms with Gasteiger partial charge < -0.3 is 15.2 Å². The summed E-state index contributed by atoms with van der Waals surface area (Å²) in [5.74, 6) is 0.461. The summed E-state index contributed by atoms with van der Waals surface area (Å²) < 4.78 is 1.80. The Morgan fingerprint density at radius 3 is 2.83 bits per heavy atom. The highest BCUT2D eigenvalue weighted by Gasteiger charge is 2.31. The Hall–Kier alpha value is -2.90. The molecule has 2 aromatic heterocycles. The van der Waals surface area contributed by atoms with Crippen molar-refractivity contribution in [2.24, 2.45) is 5.92 Å². The maximum atomic E-state index is 12.9. The zero-order valence-corrected chi connectivity index (χ0v) is 17.2. The summed E-state index contributed by atoms with van der Waals surface area (Å²) in [6.07, 6.45) is 1.11. The summed E-state index contributed by atoms with van der Waals surface area (Å²) in [6, 6.07) is 15.4. The van der Waals surface area contributed by atoms with Crippen LogP contribution in [0.25, 0.3) is 11.3 Å². The van der Waals surface area contributed by atoms with Gasteiger partial charge in [-0.2, -0.15) is 5.10 Å². The zero-order chi connectivity index (χ0) is 19.8. The topological polar surface area (TPSA) is 91.8 Å². The number of benzene rings is 1. The normalized spacial score (nSPS) is 19.5.